The molecule has 1 aliphatic rings. The fourth-order valence-corrected chi connectivity index (χ4v) is 3.27. The smallest absolute Gasteiger partial charge is 0.416 e. The number of pyridine rings is 1. The number of aromatic nitrogens is 1. The molecule has 0 aliphatic heterocycles. The van der Waals surface area contributed by atoms with E-state index in [1.165, 1.54) is 19.2 Å². The number of rotatable bonds is 4. The van der Waals surface area contributed by atoms with Gasteiger partial charge in [0.15, 0.2) is 0 Å². The van der Waals surface area contributed by atoms with Crippen LogP contribution in [0.2, 0.25) is 0 Å². The number of ether oxygens (including phenoxy) is 1. The van der Waals surface area contributed by atoms with Gasteiger partial charge in [0.2, 0.25) is 0 Å². The minimum absolute atomic E-state index is 0.0259. The Morgan fingerprint density at radius 2 is 1.88 bits per heavy atom. The standard InChI is InChI=1S/C19H19F4NO/c1-12-18(20)9-15(10-24-12)25-11-13-6-7-16(14-4-2-3-5-14)17(8-13)19(21,22)23/h6-10,14H,2-5,11H2,1H3. The first-order valence-electron chi connectivity index (χ1n) is 8.29. The van der Waals surface area contributed by atoms with Crippen LogP contribution in [0, 0.1) is 12.7 Å². The summed E-state index contributed by atoms with van der Waals surface area (Å²) in [5.41, 5.74) is 0.424. The van der Waals surface area contributed by atoms with Crippen molar-refractivity contribution in [3.8, 4) is 5.75 Å². The predicted octanol–water partition coefficient (Wildman–Crippen LogP) is 5.78. The second kappa shape index (κ2) is 7.02. The first kappa shape index (κ1) is 17.7. The molecule has 1 aromatic heterocycles. The first-order valence-corrected chi connectivity index (χ1v) is 8.29. The summed E-state index contributed by atoms with van der Waals surface area (Å²) in [6.07, 6.45) is 0.500. The van der Waals surface area contributed by atoms with Gasteiger partial charge in [0.25, 0.3) is 0 Å². The maximum atomic E-state index is 13.5. The Kier molecular flexibility index (Phi) is 4.97. The third-order valence-electron chi connectivity index (χ3n) is 4.62. The molecule has 25 heavy (non-hydrogen) atoms. The van der Waals surface area contributed by atoms with Crippen molar-refractivity contribution < 1.29 is 22.3 Å². The molecule has 2 aromatic rings. The monoisotopic (exact) mass is 353 g/mol. The molecule has 0 spiro atoms. The molecule has 1 aliphatic carbocycles. The lowest BCUT2D eigenvalue weighted by atomic mass is 9.91. The third-order valence-corrected chi connectivity index (χ3v) is 4.62. The highest BCUT2D eigenvalue weighted by atomic mass is 19.4. The van der Waals surface area contributed by atoms with E-state index in [0.29, 0.717) is 11.1 Å². The normalized spacial score (nSPS) is 15.6. The van der Waals surface area contributed by atoms with Gasteiger partial charge in [-0.2, -0.15) is 13.2 Å². The van der Waals surface area contributed by atoms with Crippen LogP contribution in [0.4, 0.5) is 17.6 Å². The Bertz CT molecular complexity index is 752. The minimum Gasteiger partial charge on any atom is -0.487 e. The Balaban J connectivity index is 1.81. The van der Waals surface area contributed by atoms with Crippen LogP contribution in [-0.4, -0.2) is 4.98 Å². The third kappa shape index (κ3) is 4.11. The van der Waals surface area contributed by atoms with Gasteiger partial charge < -0.3 is 4.74 Å². The highest BCUT2D eigenvalue weighted by molar-refractivity contribution is 5.37. The highest BCUT2D eigenvalue weighted by Crippen LogP contribution is 2.41. The molecular weight excluding hydrogens is 334 g/mol. The summed E-state index contributed by atoms with van der Waals surface area (Å²) in [6, 6.07) is 5.54. The maximum Gasteiger partial charge on any atom is 0.416 e. The van der Waals surface area contributed by atoms with Crippen molar-refractivity contribution in [2.24, 2.45) is 0 Å². The van der Waals surface area contributed by atoms with E-state index in [0.717, 1.165) is 31.7 Å². The molecule has 0 saturated heterocycles. The number of halogens is 4. The van der Waals surface area contributed by atoms with E-state index in [-0.39, 0.29) is 24.0 Å². The van der Waals surface area contributed by atoms with E-state index in [1.807, 2.05) is 0 Å². The van der Waals surface area contributed by atoms with Gasteiger partial charge in [-0.3, -0.25) is 4.98 Å². The van der Waals surface area contributed by atoms with Gasteiger partial charge in [0, 0.05) is 6.07 Å². The summed E-state index contributed by atoms with van der Waals surface area (Å²) in [5, 5.41) is 0. The Morgan fingerprint density at radius 3 is 2.52 bits per heavy atom. The number of hydrogen-bond donors (Lipinski definition) is 0. The topological polar surface area (TPSA) is 22.1 Å². The van der Waals surface area contributed by atoms with Crippen LogP contribution < -0.4 is 4.74 Å². The van der Waals surface area contributed by atoms with Gasteiger partial charge in [-0.15, -0.1) is 0 Å². The second-order valence-electron chi connectivity index (χ2n) is 6.43. The van der Waals surface area contributed by atoms with E-state index >= 15 is 0 Å². The summed E-state index contributed by atoms with van der Waals surface area (Å²) in [6.45, 7) is 1.45. The fraction of sp³-hybridized carbons (Fsp3) is 0.421. The largest absolute Gasteiger partial charge is 0.487 e. The van der Waals surface area contributed by atoms with E-state index in [2.05, 4.69) is 4.98 Å². The molecule has 3 rings (SSSR count). The predicted molar refractivity (Wildman–Crippen MR) is 85.9 cm³/mol. The van der Waals surface area contributed by atoms with Crippen molar-refractivity contribution >= 4 is 0 Å². The summed E-state index contributed by atoms with van der Waals surface area (Å²) in [4.78, 5) is 3.83. The van der Waals surface area contributed by atoms with Crippen molar-refractivity contribution in [1.82, 2.24) is 4.98 Å². The quantitative estimate of drug-likeness (QED) is 0.650. The average molecular weight is 353 g/mol. The SMILES string of the molecule is Cc1ncc(OCc2ccc(C3CCCC3)c(C(F)(F)F)c2)cc1F. The molecule has 0 radical (unpaired) electrons. The van der Waals surface area contributed by atoms with Gasteiger partial charge >= 0.3 is 6.18 Å². The molecule has 6 heteroatoms. The van der Waals surface area contributed by atoms with Crippen LogP contribution in [0.15, 0.2) is 30.5 Å². The summed E-state index contributed by atoms with van der Waals surface area (Å²) < 4.78 is 59.2. The van der Waals surface area contributed by atoms with E-state index < -0.39 is 17.6 Å². The zero-order valence-electron chi connectivity index (χ0n) is 13.9. The highest BCUT2D eigenvalue weighted by Gasteiger charge is 2.36. The van der Waals surface area contributed by atoms with Gasteiger partial charge in [0.1, 0.15) is 18.2 Å². The van der Waals surface area contributed by atoms with Gasteiger partial charge in [-0.1, -0.05) is 25.0 Å². The van der Waals surface area contributed by atoms with Crippen LogP contribution in [0.1, 0.15) is 54.0 Å². The lowest BCUT2D eigenvalue weighted by Crippen LogP contribution is -2.12. The average Bonchev–Trinajstić information content (AvgIpc) is 3.09. The molecule has 134 valence electrons. The Labute approximate surface area is 143 Å². The van der Waals surface area contributed by atoms with Gasteiger partial charge in [0.05, 0.1) is 17.5 Å². The van der Waals surface area contributed by atoms with Crippen molar-refractivity contribution in [1.29, 1.82) is 0 Å². The van der Waals surface area contributed by atoms with E-state index in [1.54, 1.807) is 12.1 Å². The van der Waals surface area contributed by atoms with Crippen LogP contribution in [0.5, 0.6) is 5.75 Å². The van der Waals surface area contributed by atoms with Crippen molar-refractivity contribution in [2.45, 2.75) is 51.3 Å². The second-order valence-corrected chi connectivity index (χ2v) is 6.43. The molecule has 2 nitrogen and oxygen atoms in total. The van der Waals surface area contributed by atoms with E-state index in [9.17, 15) is 17.6 Å². The maximum absolute atomic E-state index is 13.5. The molecule has 1 aromatic carbocycles. The zero-order chi connectivity index (χ0) is 18.0. The molecule has 1 fully saturated rings. The Hall–Kier alpha value is -2.11. The van der Waals surface area contributed by atoms with Crippen LogP contribution in [-0.2, 0) is 12.8 Å². The fourth-order valence-electron chi connectivity index (χ4n) is 3.27. The molecule has 0 N–H and O–H groups in total. The lowest BCUT2D eigenvalue weighted by molar-refractivity contribution is -0.138. The molecular formula is C19H19F4NO. The van der Waals surface area contributed by atoms with Gasteiger partial charge in [-0.25, -0.2) is 4.39 Å². The molecule has 0 unspecified atom stereocenters. The number of nitrogens with zero attached hydrogens (tertiary/aromatic N) is 1. The van der Waals surface area contributed by atoms with E-state index in [4.69, 9.17) is 4.74 Å². The summed E-state index contributed by atoms with van der Waals surface area (Å²) in [5.74, 6) is -0.344. The van der Waals surface area contributed by atoms with Crippen molar-refractivity contribution in [2.75, 3.05) is 0 Å². The number of alkyl halides is 3. The minimum atomic E-state index is -4.40. The molecule has 0 bridgehead atoms. The summed E-state index contributed by atoms with van der Waals surface area (Å²) >= 11 is 0. The lowest BCUT2D eigenvalue weighted by Gasteiger charge is -2.19. The molecule has 0 atom stereocenters. The molecule has 1 saturated carbocycles. The summed E-state index contributed by atoms with van der Waals surface area (Å²) in [7, 11) is 0. The van der Waals surface area contributed by atoms with Crippen molar-refractivity contribution in [3.05, 3.63) is 58.7 Å². The first-order chi connectivity index (χ1) is 11.8. The van der Waals surface area contributed by atoms with Crippen LogP contribution in [0.3, 0.4) is 0 Å². The van der Waals surface area contributed by atoms with Crippen LogP contribution >= 0.6 is 0 Å². The zero-order valence-corrected chi connectivity index (χ0v) is 13.9. The number of hydrogen-bond acceptors (Lipinski definition) is 2. The molecule has 1 heterocycles. The number of benzene rings is 1. The van der Waals surface area contributed by atoms with Crippen LogP contribution in [0.25, 0.3) is 0 Å². The molecule has 0 amide bonds. The van der Waals surface area contributed by atoms with Gasteiger partial charge in [-0.05, 0) is 42.9 Å². The Morgan fingerprint density at radius 1 is 1.16 bits per heavy atom. The number of aryl methyl sites for hydroxylation is 1. The van der Waals surface area contributed by atoms with Crippen molar-refractivity contribution in [3.63, 3.8) is 0 Å².